The molecule has 2 atom stereocenters. The molecule has 14 heavy (non-hydrogen) atoms. The Kier molecular flexibility index (Phi) is 7.15. The molecule has 2 nitrogen and oxygen atoms in total. The van der Waals surface area contributed by atoms with Gasteiger partial charge in [-0.2, -0.15) is 0 Å². The Morgan fingerprint density at radius 3 is 2.64 bits per heavy atom. The van der Waals surface area contributed by atoms with Crippen LogP contribution >= 0.6 is 11.6 Å². The zero-order valence-electron chi connectivity index (χ0n) is 8.59. The summed E-state index contributed by atoms with van der Waals surface area (Å²) in [5.41, 5.74) is 2.01. The number of allylic oxidation sites excluding steroid dienone is 2. The number of rotatable bonds is 6. The second-order valence-electron chi connectivity index (χ2n) is 3.37. The summed E-state index contributed by atoms with van der Waals surface area (Å²) in [6, 6.07) is 0. The SMILES string of the molecule is C=C(C)C(Cl)CCC(C)=CCS(=O)[O-]. The quantitative estimate of drug-likeness (QED) is 0.404. The van der Waals surface area contributed by atoms with E-state index in [9.17, 15) is 8.76 Å². The lowest BCUT2D eigenvalue weighted by molar-refractivity contribution is 0.540. The first kappa shape index (κ1) is 13.9. The predicted molar refractivity (Wildman–Crippen MR) is 61.2 cm³/mol. The third-order valence-electron chi connectivity index (χ3n) is 1.89. The summed E-state index contributed by atoms with van der Waals surface area (Å²) in [6.07, 6.45) is 3.34. The fourth-order valence-electron chi connectivity index (χ4n) is 0.913. The molecule has 2 unspecified atom stereocenters. The molecule has 0 aliphatic heterocycles. The van der Waals surface area contributed by atoms with Crippen LogP contribution in [0.15, 0.2) is 23.8 Å². The number of alkyl halides is 1. The monoisotopic (exact) mass is 235 g/mol. The Morgan fingerprint density at radius 1 is 1.64 bits per heavy atom. The number of hydrogen-bond acceptors (Lipinski definition) is 2. The van der Waals surface area contributed by atoms with Crippen LogP contribution in [-0.4, -0.2) is 19.9 Å². The maximum atomic E-state index is 10.3. The molecule has 0 saturated heterocycles. The van der Waals surface area contributed by atoms with Crippen LogP contribution in [0.25, 0.3) is 0 Å². The van der Waals surface area contributed by atoms with E-state index in [1.807, 2.05) is 13.8 Å². The molecule has 0 aliphatic rings. The van der Waals surface area contributed by atoms with Gasteiger partial charge in [0.25, 0.3) is 0 Å². The fraction of sp³-hybridized carbons (Fsp3) is 0.600. The summed E-state index contributed by atoms with van der Waals surface area (Å²) in [5.74, 6) is 0.0891. The fourth-order valence-corrected chi connectivity index (χ4v) is 1.44. The molecule has 82 valence electrons. The van der Waals surface area contributed by atoms with Crippen LogP contribution in [0.3, 0.4) is 0 Å². The Hall–Kier alpha value is -0.120. The van der Waals surface area contributed by atoms with Gasteiger partial charge >= 0.3 is 0 Å². The Labute approximate surface area is 93.3 Å². The van der Waals surface area contributed by atoms with Crippen LogP contribution in [0, 0.1) is 0 Å². The van der Waals surface area contributed by atoms with E-state index in [2.05, 4.69) is 6.58 Å². The van der Waals surface area contributed by atoms with Gasteiger partial charge in [0.2, 0.25) is 0 Å². The molecule has 0 aromatic rings. The van der Waals surface area contributed by atoms with E-state index in [4.69, 9.17) is 11.6 Å². The third kappa shape index (κ3) is 7.30. The molecular weight excluding hydrogens is 220 g/mol. The van der Waals surface area contributed by atoms with Gasteiger partial charge in [-0.1, -0.05) is 34.9 Å². The molecule has 0 saturated carbocycles. The first-order chi connectivity index (χ1) is 6.43. The summed E-state index contributed by atoms with van der Waals surface area (Å²) in [7, 11) is 0. The lowest BCUT2D eigenvalue weighted by Gasteiger charge is -2.09. The lowest BCUT2D eigenvalue weighted by Crippen LogP contribution is -2.00. The van der Waals surface area contributed by atoms with Gasteiger partial charge < -0.3 is 4.55 Å². The minimum absolute atomic E-state index is 0.0175. The van der Waals surface area contributed by atoms with Crippen LogP contribution in [0.5, 0.6) is 0 Å². The second kappa shape index (κ2) is 7.21. The van der Waals surface area contributed by atoms with Crippen molar-refractivity contribution in [2.24, 2.45) is 0 Å². The minimum atomic E-state index is -1.99. The van der Waals surface area contributed by atoms with E-state index in [0.717, 1.165) is 24.0 Å². The number of halogens is 1. The zero-order chi connectivity index (χ0) is 11.1. The highest BCUT2D eigenvalue weighted by Gasteiger charge is 2.04. The van der Waals surface area contributed by atoms with Crippen molar-refractivity contribution in [1.82, 2.24) is 0 Å². The van der Waals surface area contributed by atoms with Gasteiger partial charge in [-0.25, -0.2) is 0 Å². The van der Waals surface area contributed by atoms with E-state index in [0.29, 0.717) is 0 Å². The molecule has 0 aromatic heterocycles. The van der Waals surface area contributed by atoms with Crippen molar-refractivity contribution in [2.45, 2.75) is 32.1 Å². The van der Waals surface area contributed by atoms with Gasteiger partial charge in [0.15, 0.2) is 0 Å². The summed E-state index contributed by atoms with van der Waals surface area (Å²) in [4.78, 5) is 0. The van der Waals surface area contributed by atoms with Gasteiger partial charge in [0, 0.05) is 5.75 Å². The summed E-state index contributed by atoms with van der Waals surface area (Å²) in [5, 5.41) is -0.0175. The molecule has 0 fully saturated rings. The van der Waals surface area contributed by atoms with Gasteiger partial charge in [-0.15, -0.1) is 11.6 Å². The molecule has 0 heterocycles. The van der Waals surface area contributed by atoms with Gasteiger partial charge in [-0.05, 0) is 26.7 Å². The molecule has 4 heteroatoms. The normalized spacial score (nSPS) is 16.4. The van der Waals surface area contributed by atoms with Crippen molar-refractivity contribution in [3.05, 3.63) is 23.8 Å². The van der Waals surface area contributed by atoms with Crippen molar-refractivity contribution in [3.63, 3.8) is 0 Å². The number of hydrogen-bond donors (Lipinski definition) is 0. The van der Waals surface area contributed by atoms with Crippen molar-refractivity contribution in [2.75, 3.05) is 5.75 Å². The first-order valence-corrected chi connectivity index (χ1v) is 6.12. The zero-order valence-corrected chi connectivity index (χ0v) is 10.2. The van der Waals surface area contributed by atoms with Crippen LogP contribution in [0.4, 0.5) is 0 Å². The molecule has 0 radical (unpaired) electrons. The first-order valence-electron chi connectivity index (χ1n) is 4.44. The highest BCUT2D eigenvalue weighted by molar-refractivity contribution is 7.79. The average Bonchev–Trinajstić information content (AvgIpc) is 2.10. The van der Waals surface area contributed by atoms with Crippen molar-refractivity contribution in [3.8, 4) is 0 Å². The molecule has 0 amide bonds. The summed E-state index contributed by atoms with van der Waals surface area (Å²) >= 11 is 3.99. The third-order valence-corrected chi connectivity index (χ3v) is 2.92. The summed E-state index contributed by atoms with van der Waals surface area (Å²) in [6.45, 7) is 7.56. The maximum Gasteiger partial charge on any atom is 0.0543 e. The van der Waals surface area contributed by atoms with E-state index in [1.165, 1.54) is 0 Å². The Morgan fingerprint density at radius 2 is 2.21 bits per heavy atom. The van der Waals surface area contributed by atoms with E-state index in [-0.39, 0.29) is 11.1 Å². The second-order valence-corrected chi connectivity index (χ2v) is 4.84. The van der Waals surface area contributed by atoms with Crippen molar-refractivity contribution >= 4 is 22.7 Å². The lowest BCUT2D eigenvalue weighted by atomic mass is 10.1. The molecular formula is C10H16ClO2S-. The maximum absolute atomic E-state index is 10.3. The smallest absolute Gasteiger partial charge is 0.0543 e. The van der Waals surface area contributed by atoms with Gasteiger partial charge in [-0.3, -0.25) is 4.21 Å². The van der Waals surface area contributed by atoms with E-state index >= 15 is 0 Å². The minimum Gasteiger partial charge on any atom is -0.772 e. The average molecular weight is 236 g/mol. The summed E-state index contributed by atoms with van der Waals surface area (Å²) < 4.78 is 20.5. The van der Waals surface area contributed by atoms with E-state index < -0.39 is 11.1 Å². The van der Waals surface area contributed by atoms with Crippen LogP contribution in [0.2, 0.25) is 0 Å². The predicted octanol–water partition coefficient (Wildman–Crippen LogP) is 2.78. The standard InChI is InChI=1S/C10H17ClO2S/c1-8(2)10(11)5-4-9(3)6-7-14(12)13/h6,10H,1,4-5,7H2,2-3H3,(H,12,13)/p-1. The molecule has 0 N–H and O–H groups in total. The molecule has 0 aliphatic carbocycles. The van der Waals surface area contributed by atoms with Gasteiger partial charge in [0.05, 0.1) is 5.38 Å². The Bertz CT molecular complexity index is 249. The van der Waals surface area contributed by atoms with Crippen molar-refractivity contribution in [1.29, 1.82) is 0 Å². The molecule has 0 rings (SSSR count). The molecule has 0 bridgehead atoms. The largest absolute Gasteiger partial charge is 0.772 e. The highest BCUT2D eigenvalue weighted by Crippen LogP contribution is 2.16. The van der Waals surface area contributed by atoms with Gasteiger partial charge in [0.1, 0.15) is 0 Å². The Balaban J connectivity index is 3.83. The van der Waals surface area contributed by atoms with Crippen molar-refractivity contribution < 1.29 is 8.76 Å². The van der Waals surface area contributed by atoms with Crippen LogP contribution < -0.4 is 0 Å². The van der Waals surface area contributed by atoms with Crippen LogP contribution in [0.1, 0.15) is 26.7 Å². The molecule has 0 aromatic carbocycles. The highest BCUT2D eigenvalue weighted by atomic mass is 35.5. The van der Waals surface area contributed by atoms with Crippen LogP contribution in [-0.2, 0) is 11.1 Å². The topological polar surface area (TPSA) is 40.1 Å². The molecule has 0 spiro atoms. The van der Waals surface area contributed by atoms with E-state index in [1.54, 1.807) is 6.08 Å².